The van der Waals surface area contributed by atoms with Crippen LogP contribution in [0.25, 0.3) is 0 Å². The number of ketones is 1. The first-order chi connectivity index (χ1) is 7.46. The lowest BCUT2D eigenvalue weighted by atomic mass is 10.0. The van der Waals surface area contributed by atoms with Crippen molar-refractivity contribution in [1.29, 1.82) is 0 Å². The molecule has 0 spiro atoms. The average Bonchev–Trinajstić information content (AvgIpc) is 2.24. The zero-order chi connectivity index (χ0) is 12.2. The molecule has 4 heteroatoms. The molecule has 1 aromatic rings. The summed E-state index contributed by atoms with van der Waals surface area (Å²) in [7, 11) is 0. The summed E-state index contributed by atoms with van der Waals surface area (Å²) < 4.78 is 37.6. The Labute approximate surface area is 91.3 Å². The standard InChI is InChI=1S/C12H9F3O/c1-2-3-8-11(16)9-6-4-5-7-10(9)12(13,14)15/h1,4-7H,3,8H2. The minimum absolute atomic E-state index is 0.0659. The van der Waals surface area contributed by atoms with Gasteiger partial charge in [-0.2, -0.15) is 13.2 Å². The van der Waals surface area contributed by atoms with Gasteiger partial charge in [-0.3, -0.25) is 4.79 Å². The Morgan fingerprint density at radius 1 is 1.31 bits per heavy atom. The number of halogens is 3. The monoisotopic (exact) mass is 226 g/mol. The van der Waals surface area contributed by atoms with Crippen molar-refractivity contribution in [3.05, 3.63) is 35.4 Å². The highest BCUT2D eigenvalue weighted by Gasteiger charge is 2.34. The largest absolute Gasteiger partial charge is 0.417 e. The van der Waals surface area contributed by atoms with Gasteiger partial charge in [-0.1, -0.05) is 18.2 Å². The molecule has 0 radical (unpaired) electrons. The minimum atomic E-state index is -4.51. The first-order valence-electron chi connectivity index (χ1n) is 4.59. The van der Waals surface area contributed by atoms with Gasteiger partial charge in [-0.05, 0) is 6.07 Å². The van der Waals surface area contributed by atoms with E-state index in [-0.39, 0.29) is 18.4 Å². The van der Waals surface area contributed by atoms with Gasteiger partial charge in [0.1, 0.15) is 0 Å². The maximum atomic E-state index is 12.5. The first-order valence-corrected chi connectivity index (χ1v) is 4.59. The highest BCUT2D eigenvalue weighted by Crippen LogP contribution is 2.32. The summed E-state index contributed by atoms with van der Waals surface area (Å²) >= 11 is 0. The van der Waals surface area contributed by atoms with Crippen LogP contribution >= 0.6 is 0 Å². The van der Waals surface area contributed by atoms with Crippen LogP contribution in [-0.2, 0) is 6.18 Å². The predicted molar refractivity (Wildman–Crippen MR) is 53.8 cm³/mol. The van der Waals surface area contributed by atoms with Gasteiger partial charge in [0.15, 0.2) is 5.78 Å². The van der Waals surface area contributed by atoms with Gasteiger partial charge in [-0.15, -0.1) is 12.3 Å². The fraction of sp³-hybridized carbons (Fsp3) is 0.250. The Bertz CT molecular complexity index is 427. The van der Waals surface area contributed by atoms with Crippen molar-refractivity contribution in [3.8, 4) is 12.3 Å². The number of benzene rings is 1. The second-order valence-corrected chi connectivity index (χ2v) is 3.17. The molecule has 0 fully saturated rings. The number of carbonyl (C=O) groups is 1. The van der Waals surface area contributed by atoms with Crippen LogP contribution in [0.15, 0.2) is 24.3 Å². The summed E-state index contributed by atoms with van der Waals surface area (Å²) in [5.41, 5.74) is -1.22. The molecular weight excluding hydrogens is 217 g/mol. The number of hydrogen-bond donors (Lipinski definition) is 0. The zero-order valence-corrected chi connectivity index (χ0v) is 8.34. The van der Waals surface area contributed by atoms with Gasteiger partial charge in [-0.25, -0.2) is 0 Å². The molecular formula is C12H9F3O. The molecule has 84 valence electrons. The van der Waals surface area contributed by atoms with E-state index in [0.717, 1.165) is 6.07 Å². The third-order valence-corrected chi connectivity index (χ3v) is 2.03. The van der Waals surface area contributed by atoms with Crippen molar-refractivity contribution in [2.75, 3.05) is 0 Å². The highest BCUT2D eigenvalue weighted by atomic mass is 19.4. The molecule has 0 heterocycles. The first kappa shape index (κ1) is 12.3. The number of alkyl halides is 3. The lowest BCUT2D eigenvalue weighted by molar-refractivity contribution is -0.137. The van der Waals surface area contributed by atoms with E-state index in [9.17, 15) is 18.0 Å². The van der Waals surface area contributed by atoms with Gasteiger partial charge >= 0.3 is 6.18 Å². The van der Waals surface area contributed by atoms with Crippen molar-refractivity contribution < 1.29 is 18.0 Å². The van der Waals surface area contributed by atoms with Crippen LogP contribution < -0.4 is 0 Å². The molecule has 0 saturated carbocycles. The second kappa shape index (κ2) is 4.84. The lowest BCUT2D eigenvalue weighted by Gasteiger charge is -2.10. The van der Waals surface area contributed by atoms with E-state index >= 15 is 0 Å². The van der Waals surface area contributed by atoms with Crippen molar-refractivity contribution >= 4 is 5.78 Å². The third-order valence-electron chi connectivity index (χ3n) is 2.03. The molecule has 0 aliphatic carbocycles. The minimum Gasteiger partial charge on any atom is -0.294 e. The Morgan fingerprint density at radius 3 is 2.50 bits per heavy atom. The number of Topliss-reactive ketones (excluding diaryl/α,β-unsaturated/α-hetero) is 1. The van der Waals surface area contributed by atoms with E-state index in [2.05, 4.69) is 5.92 Å². The van der Waals surface area contributed by atoms with Crippen LogP contribution in [0.1, 0.15) is 28.8 Å². The zero-order valence-electron chi connectivity index (χ0n) is 8.34. The van der Waals surface area contributed by atoms with E-state index in [1.165, 1.54) is 18.2 Å². The van der Waals surface area contributed by atoms with Gasteiger partial charge in [0.25, 0.3) is 0 Å². The van der Waals surface area contributed by atoms with Crippen LogP contribution in [0.2, 0.25) is 0 Å². The van der Waals surface area contributed by atoms with Crippen molar-refractivity contribution in [2.24, 2.45) is 0 Å². The molecule has 0 N–H and O–H groups in total. The molecule has 0 saturated heterocycles. The number of terminal acetylenes is 1. The molecule has 0 aliphatic rings. The molecule has 0 aliphatic heterocycles. The molecule has 0 bridgehead atoms. The van der Waals surface area contributed by atoms with E-state index in [1.807, 2.05) is 0 Å². The molecule has 16 heavy (non-hydrogen) atoms. The van der Waals surface area contributed by atoms with E-state index in [1.54, 1.807) is 0 Å². The molecule has 1 nitrogen and oxygen atoms in total. The molecule has 1 rings (SSSR count). The Morgan fingerprint density at radius 2 is 1.94 bits per heavy atom. The van der Waals surface area contributed by atoms with Crippen LogP contribution in [0.3, 0.4) is 0 Å². The molecule has 0 unspecified atom stereocenters. The number of carbonyl (C=O) groups excluding carboxylic acids is 1. The number of rotatable bonds is 3. The van der Waals surface area contributed by atoms with Gasteiger partial charge in [0.2, 0.25) is 0 Å². The Hall–Kier alpha value is -1.76. The summed E-state index contributed by atoms with van der Waals surface area (Å²) in [6, 6.07) is 4.71. The molecule has 0 amide bonds. The van der Waals surface area contributed by atoms with Crippen LogP contribution in [0.4, 0.5) is 13.2 Å². The highest BCUT2D eigenvalue weighted by molar-refractivity contribution is 5.97. The summed E-state index contributed by atoms with van der Waals surface area (Å²) in [6.07, 6.45) is 0.521. The third kappa shape index (κ3) is 2.86. The summed E-state index contributed by atoms with van der Waals surface area (Å²) in [5, 5.41) is 0. The Kier molecular flexibility index (Phi) is 3.73. The van der Waals surface area contributed by atoms with Gasteiger partial charge in [0, 0.05) is 18.4 Å². The smallest absolute Gasteiger partial charge is 0.294 e. The van der Waals surface area contributed by atoms with Crippen LogP contribution in [0, 0.1) is 12.3 Å². The van der Waals surface area contributed by atoms with E-state index < -0.39 is 17.5 Å². The van der Waals surface area contributed by atoms with Crippen molar-refractivity contribution in [1.82, 2.24) is 0 Å². The van der Waals surface area contributed by atoms with Gasteiger partial charge in [0.05, 0.1) is 5.56 Å². The average molecular weight is 226 g/mol. The topological polar surface area (TPSA) is 17.1 Å². The second-order valence-electron chi connectivity index (χ2n) is 3.17. The lowest BCUT2D eigenvalue weighted by Crippen LogP contribution is -2.12. The quantitative estimate of drug-likeness (QED) is 0.571. The van der Waals surface area contributed by atoms with E-state index in [4.69, 9.17) is 6.42 Å². The predicted octanol–water partition coefficient (Wildman–Crippen LogP) is 3.30. The van der Waals surface area contributed by atoms with Crippen LogP contribution in [0.5, 0.6) is 0 Å². The maximum Gasteiger partial charge on any atom is 0.417 e. The van der Waals surface area contributed by atoms with Crippen molar-refractivity contribution in [3.63, 3.8) is 0 Å². The van der Waals surface area contributed by atoms with Crippen LogP contribution in [-0.4, -0.2) is 5.78 Å². The summed E-state index contributed by atoms with van der Waals surface area (Å²) in [4.78, 5) is 11.5. The maximum absolute atomic E-state index is 12.5. The summed E-state index contributed by atoms with van der Waals surface area (Å²) in [5.74, 6) is 1.65. The molecule has 0 atom stereocenters. The normalized spacial score (nSPS) is 10.9. The SMILES string of the molecule is C#CCCC(=O)c1ccccc1C(F)(F)F. The summed E-state index contributed by atoms with van der Waals surface area (Å²) in [6.45, 7) is 0. The van der Waals surface area contributed by atoms with Gasteiger partial charge < -0.3 is 0 Å². The fourth-order valence-electron chi connectivity index (χ4n) is 1.29. The Balaban J connectivity index is 3.05. The fourth-order valence-corrected chi connectivity index (χ4v) is 1.29. The van der Waals surface area contributed by atoms with Crippen molar-refractivity contribution in [2.45, 2.75) is 19.0 Å². The van der Waals surface area contributed by atoms with E-state index in [0.29, 0.717) is 0 Å². The number of hydrogen-bond acceptors (Lipinski definition) is 1. The molecule has 0 aromatic heterocycles. The molecule has 1 aromatic carbocycles.